The Balaban J connectivity index is 2.66. The summed E-state index contributed by atoms with van der Waals surface area (Å²) in [5, 5.41) is 0. The second-order valence-corrected chi connectivity index (χ2v) is 4.67. The highest BCUT2D eigenvalue weighted by molar-refractivity contribution is 9.10. The number of H-pyrrole nitrogens is 1. The molecule has 0 saturated carbocycles. The summed E-state index contributed by atoms with van der Waals surface area (Å²) in [7, 11) is 1.62. The first-order valence-electron chi connectivity index (χ1n) is 4.81. The third kappa shape index (κ3) is 2.65. The van der Waals surface area contributed by atoms with Crippen molar-refractivity contribution < 1.29 is 4.74 Å². The van der Waals surface area contributed by atoms with Crippen LogP contribution in [0, 0.1) is 4.77 Å². The summed E-state index contributed by atoms with van der Waals surface area (Å²) in [5.74, 6) is 1.12. The molecule has 1 aromatic carbocycles. The number of nitrogen functional groups attached to an aromatic ring is 1. The predicted molar refractivity (Wildman–Crippen MR) is 73.5 cm³/mol. The second kappa shape index (κ2) is 4.85. The Bertz CT molecular complexity index is 612. The molecule has 0 radical (unpaired) electrons. The van der Waals surface area contributed by atoms with Crippen molar-refractivity contribution in [1.29, 1.82) is 0 Å². The van der Waals surface area contributed by atoms with Gasteiger partial charge in [-0.2, -0.15) is 0 Å². The molecule has 0 unspecified atom stereocenters. The number of rotatable bonds is 2. The molecule has 0 aliphatic carbocycles. The maximum absolute atomic E-state index is 5.68. The van der Waals surface area contributed by atoms with Gasteiger partial charge in [0.1, 0.15) is 11.6 Å². The largest absolute Gasteiger partial charge is 0.496 e. The van der Waals surface area contributed by atoms with Gasteiger partial charge in [-0.15, -0.1) is 0 Å². The smallest absolute Gasteiger partial charge is 0.199 e. The van der Waals surface area contributed by atoms with Crippen molar-refractivity contribution in [3.63, 3.8) is 0 Å². The van der Waals surface area contributed by atoms with E-state index in [0.29, 0.717) is 10.6 Å². The fourth-order valence-corrected chi connectivity index (χ4v) is 2.09. The Hall–Kier alpha value is -1.40. The lowest BCUT2D eigenvalue weighted by molar-refractivity contribution is 0.416. The highest BCUT2D eigenvalue weighted by Crippen LogP contribution is 2.31. The van der Waals surface area contributed by atoms with Crippen molar-refractivity contribution in [2.24, 2.45) is 0 Å². The van der Waals surface area contributed by atoms with Crippen LogP contribution in [0.5, 0.6) is 5.75 Å². The summed E-state index contributed by atoms with van der Waals surface area (Å²) in [6.45, 7) is 0. The molecule has 88 valence electrons. The van der Waals surface area contributed by atoms with Crippen LogP contribution in [0.2, 0.25) is 0 Å². The van der Waals surface area contributed by atoms with Gasteiger partial charge in [0, 0.05) is 16.1 Å². The minimum Gasteiger partial charge on any atom is -0.496 e. The summed E-state index contributed by atoms with van der Waals surface area (Å²) < 4.78 is 6.59. The van der Waals surface area contributed by atoms with E-state index >= 15 is 0 Å². The number of nitrogens with two attached hydrogens (primary N) is 1. The van der Waals surface area contributed by atoms with Crippen molar-refractivity contribution in [2.75, 3.05) is 12.8 Å². The van der Waals surface area contributed by atoms with E-state index in [1.165, 1.54) is 0 Å². The second-order valence-electron chi connectivity index (χ2n) is 3.37. The summed E-state index contributed by atoms with van der Waals surface area (Å²) in [4.78, 5) is 6.91. The predicted octanol–water partition coefficient (Wildman–Crippen LogP) is 3.16. The van der Waals surface area contributed by atoms with Gasteiger partial charge in [-0.25, -0.2) is 4.98 Å². The summed E-state index contributed by atoms with van der Waals surface area (Å²) >= 11 is 8.42. The molecule has 0 spiro atoms. The van der Waals surface area contributed by atoms with E-state index in [2.05, 4.69) is 25.9 Å². The van der Waals surface area contributed by atoms with Gasteiger partial charge in [0.15, 0.2) is 4.77 Å². The number of benzene rings is 1. The highest BCUT2D eigenvalue weighted by atomic mass is 79.9. The molecule has 2 aromatic rings. The monoisotopic (exact) mass is 311 g/mol. The maximum atomic E-state index is 5.68. The van der Waals surface area contributed by atoms with Crippen LogP contribution < -0.4 is 10.5 Å². The van der Waals surface area contributed by atoms with Crippen LogP contribution in [0.25, 0.3) is 11.3 Å². The molecule has 0 aliphatic heterocycles. The van der Waals surface area contributed by atoms with E-state index in [-0.39, 0.29) is 0 Å². The van der Waals surface area contributed by atoms with Gasteiger partial charge < -0.3 is 15.5 Å². The highest BCUT2D eigenvalue weighted by Gasteiger charge is 2.08. The topological polar surface area (TPSA) is 63.9 Å². The zero-order chi connectivity index (χ0) is 12.4. The van der Waals surface area contributed by atoms with Crippen molar-refractivity contribution in [3.8, 4) is 17.0 Å². The number of nitrogens with zero attached hydrogens (tertiary/aromatic N) is 1. The lowest BCUT2D eigenvalue weighted by Gasteiger charge is -2.09. The minimum atomic E-state index is 0.349. The summed E-state index contributed by atoms with van der Waals surface area (Å²) in [6.07, 6.45) is 0. The number of hydrogen-bond donors (Lipinski definition) is 2. The summed E-state index contributed by atoms with van der Waals surface area (Å²) in [5.41, 5.74) is 7.33. The van der Waals surface area contributed by atoms with E-state index in [9.17, 15) is 0 Å². The van der Waals surface area contributed by atoms with Gasteiger partial charge in [-0.3, -0.25) is 0 Å². The van der Waals surface area contributed by atoms with Crippen LogP contribution in [0.3, 0.4) is 0 Å². The minimum absolute atomic E-state index is 0.349. The fraction of sp³-hybridized carbons (Fsp3) is 0.0909. The third-order valence-electron chi connectivity index (χ3n) is 2.22. The number of nitrogens with one attached hydrogen (secondary N) is 1. The maximum Gasteiger partial charge on any atom is 0.199 e. The molecule has 0 bridgehead atoms. The van der Waals surface area contributed by atoms with E-state index < -0.39 is 0 Å². The number of aromatic nitrogens is 2. The Kier molecular flexibility index (Phi) is 3.44. The molecule has 17 heavy (non-hydrogen) atoms. The molecule has 1 heterocycles. The van der Waals surface area contributed by atoms with Crippen LogP contribution in [0.15, 0.2) is 28.7 Å². The molecule has 3 N–H and O–H groups in total. The molecule has 0 fully saturated rings. The third-order valence-corrected chi connectivity index (χ3v) is 2.90. The normalized spacial score (nSPS) is 10.2. The Morgan fingerprint density at radius 3 is 2.82 bits per heavy atom. The molecule has 0 atom stereocenters. The number of methoxy groups -OCH3 is 1. The average molecular weight is 312 g/mol. The SMILES string of the molecule is COc1ccc(Br)cc1-c1cc(N)nc(=S)[nH]1. The van der Waals surface area contributed by atoms with Crippen LogP contribution in [-0.2, 0) is 0 Å². The molecular formula is C11H10BrN3OS. The number of halogens is 1. The van der Waals surface area contributed by atoms with Crippen molar-refractivity contribution >= 4 is 34.0 Å². The molecule has 1 aromatic heterocycles. The average Bonchev–Trinajstić information content (AvgIpc) is 2.27. The first-order chi connectivity index (χ1) is 8.10. The Morgan fingerprint density at radius 2 is 2.18 bits per heavy atom. The zero-order valence-electron chi connectivity index (χ0n) is 9.03. The lowest BCUT2D eigenvalue weighted by atomic mass is 10.1. The number of hydrogen-bond acceptors (Lipinski definition) is 4. The van der Waals surface area contributed by atoms with Crippen LogP contribution in [-0.4, -0.2) is 17.1 Å². The Labute approximate surface area is 112 Å². The van der Waals surface area contributed by atoms with Gasteiger partial charge in [0.05, 0.1) is 12.8 Å². The van der Waals surface area contributed by atoms with Gasteiger partial charge in [-0.05, 0) is 30.4 Å². The molecular weight excluding hydrogens is 302 g/mol. The number of aromatic amines is 1. The zero-order valence-corrected chi connectivity index (χ0v) is 11.4. The van der Waals surface area contributed by atoms with E-state index in [0.717, 1.165) is 21.5 Å². The molecule has 6 heteroatoms. The van der Waals surface area contributed by atoms with Crippen molar-refractivity contribution in [2.45, 2.75) is 0 Å². The number of anilines is 1. The molecule has 4 nitrogen and oxygen atoms in total. The standard InChI is InChI=1S/C11H10BrN3OS/c1-16-9-3-2-6(12)4-7(9)8-5-10(13)15-11(17)14-8/h2-5H,1H3,(H3,13,14,15,17). The first kappa shape index (κ1) is 12.1. The summed E-state index contributed by atoms with van der Waals surface area (Å²) in [6, 6.07) is 7.42. The van der Waals surface area contributed by atoms with Gasteiger partial charge >= 0.3 is 0 Å². The van der Waals surface area contributed by atoms with E-state index in [4.69, 9.17) is 22.7 Å². The molecule has 0 aliphatic rings. The molecule has 0 saturated heterocycles. The van der Waals surface area contributed by atoms with Crippen molar-refractivity contribution in [1.82, 2.24) is 9.97 Å². The lowest BCUT2D eigenvalue weighted by Crippen LogP contribution is -1.96. The van der Waals surface area contributed by atoms with Crippen LogP contribution in [0.1, 0.15) is 0 Å². The molecule has 0 amide bonds. The van der Waals surface area contributed by atoms with E-state index in [1.807, 2.05) is 18.2 Å². The first-order valence-corrected chi connectivity index (χ1v) is 6.01. The van der Waals surface area contributed by atoms with Gasteiger partial charge in [0.2, 0.25) is 0 Å². The van der Waals surface area contributed by atoms with Crippen LogP contribution >= 0.6 is 28.1 Å². The van der Waals surface area contributed by atoms with E-state index in [1.54, 1.807) is 13.2 Å². The Morgan fingerprint density at radius 1 is 1.41 bits per heavy atom. The quantitative estimate of drug-likeness (QED) is 0.836. The fourth-order valence-electron chi connectivity index (χ4n) is 1.51. The van der Waals surface area contributed by atoms with Gasteiger partial charge in [-0.1, -0.05) is 15.9 Å². The van der Waals surface area contributed by atoms with Gasteiger partial charge in [0.25, 0.3) is 0 Å². The van der Waals surface area contributed by atoms with Crippen LogP contribution in [0.4, 0.5) is 5.82 Å². The van der Waals surface area contributed by atoms with Crippen molar-refractivity contribution in [3.05, 3.63) is 33.5 Å². The molecule has 2 rings (SSSR count). The number of ether oxygens (including phenoxy) is 1.